The van der Waals surface area contributed by atoms with Gasteiger partial charge in [0.25, 0.3) is 0 Å². The molecule has 0 rings (SSSR count). The molecule has 0 fully saturated rings. The number of terminal acetylenes is 1. The van der Waals surface area contributed by atoms with E-state index in [4.69, 9.17) is 6.42 Å². The zero-order valence-electron chi connectivity index (χ0n) is 5.04. The Morgan fingerprint density at radius 3 is 2.56 bits per heavy atom. The first kappa shape index (κ1) is 8.51. The molecular weight excluding hydrogens is 136 g/mol. The zero-order valence-corrected chi connectivity index (χ0v) is 5.93. The largest absolute Gasteiger partial charge is 0.232 e. The summed E-state index contributed by atoms with van der Waals surface area (Å²) in [6.07, 6.45) is 5.85. The molecule has 1 unspecified atom stereocenters. The maximum Gasteiger partial charge on any atom is 0.143 e. The molecule has 0 aliphatic carbocycles. The third-order valence-electron chi connectivity index (χ3n) is 0.920. The van der Waals surface area contributed by atoms with Gasteiger partial charge >= 0.3 is 0 Å². The average molecular weight is 145 g/mol. The highest BCUT2D eigenvalue weighted by Gasteiger charge is 2.00. The predicted molar refractivity (Wildman–Crippen MR) is 37.5 cm³/mol. The van der Waals surface area contributed by atoms with Crippen molar-refractivity contribution in [3.63, 3.8) is 0 Å². The van der Waals surface area contributed by atoms with Crippen LogP contribution in [0.5, 0.6) is 0 Å². The molecule has 0 saturated carbocycles. The van der Waals surface area contributed by atoms with Gasteiger partial charge in [-0.15, -0.1) is 12.3 Å². The molecule has 1 atom stereocenters. The topological polar surface area (TPSA) is 34.1 Å². The molecule has 0 aromatic carbocycles. The standard InChI is InChI=1S/C6H9O2S/c1-3-4-5-6(2)9(7)8/h1,6,9H,2,4-5H2. The van der Waals surface area contributed by atoms with Gasteiger partial charge < -0.3 is 0 Å². The lowest BCUT2D eigenvalue weighted by atomic mass is 10.3. The molecule has 0 amide bonds. The van der Waals surface area contributed by atoms with Crippen molar-refractivity contribution in [3.05, 3.63) is 6.92 Å². The fourth-order valence-corrected chi connectivity index (χ4v) is 0.695. The molecule has 0 heterocycles. The normalized spacial score (nSPS) is 13.0. The monoisotopic (exact) mass is 145 g/mol. The molecule has 51 valence electrons. The smallest absolute Gasteiger partial charge is 0.143 e. The van der Waals surface area contributed by atoms with Crippen LogP contribution in [0.3, 0.4) is 0 Å². The summed E-state index contributed by atoms with van der Waals surface area (Å²) in [7, 11) is -2.38. The summed E-state index contributed by atoms with van der Waals surface area (Å²) in [6.45, 7) is 3.38. The fourth-order valence-electron chi connectivity index (χ4n) is 0.355. The van der Waals surface area contributed by atoms with E-state index in [1.54, 1.807) is 0 Å². The lowest BCUT2D eigenvalue weighted by Crippen LogP contribution is -2.02. The first-order valence-corrected chi connectivity index (χ1v) is 3.83. The second kappa shape index (κ2) is 4.39. The van der Waals surface area contributed by atoms with Crippen molar-refractivity contribution in [2.24, 2.45) is 0 Å². The summed E-state index contributed by atoms with van der Waals surface area (Å²) in [5.41, 5.74) is 0. The molecule has 9 heavy (non-hydrogen) atoms. The fraction of sp³-hybridized carbons (Fsp3) is 0.500. The van der Waals surface area contributed by atoms with Crippen LogP contribution < -0.4 is 0 Å². The third kappa shape index (κ3) is 4.04. The van der Waals surface area contributed by atoms with E-state index in [-0.39, 0.29) is 0 Å². The summed E-state index contributed by atoms with van der Waals surface area (Å²) >= 11 is 0. The van der Waals surface area contributed by atoms with E-state index in [1.165, 1.54) is 0 Å². The van der Waals surface area contributed by atoms with Crippen LogP contribution >= 0.6 is 0 Å². The van der Waals surface area contributed by atoms with Crippen molar-refractivity contribution >= 4 is 10.7 Å². The predicted octanol–water partition coefficient (Wildman–Crippen LogP) is 0.214. The van der Waals surface area contributed by atoms with Crippen LogP contribution in [-0.4, -0.2) is 13.7 Å². The Balaban J connectivity index is 3.54. The minimum atomic E-state index is -2.38. The molecule has 0 saturated heterocycles. The van der Waals surface area contributed by atoms with E-state index < -0.39 is 16.0 Å². The molecule has 2 nitrogen and oxygen atoms in total. The van der Waals surface area contributed by atoms with Gasteiger partial charge in [-0.1, -0.05) is 0 Å². The van der Waals surface area contributed by atoms with Crippen LogP contribution in [0.4, 0.5) is 0 Å². The summed E-state index contributed by atoms with van der Waals surface area (Å²) in [6, 6.07) is 0. The van der Waals surface area contributed by atoms with Gasteiger partial charge in [-0.25, -0.2) is 8.42 Å². The van der Waals surface area contributed by atoms with E-state index >= 15 is 0 Å². The molecule has 1 radical (unpaired) electrons. The van der Waals surface area contributed by atoms with Crippen LogP contribution in [0.1, 0.15) is 12.8 Å². The highest BCUT2D eigenvalue weighted by Crippen LogP contribution is 1.96. The van der Waals surface area contributed by atoms with Crippen LogP contribution in [0.2, 0.25) is 0 Å². The Bertz CT molecular complexity index is 168. The highest BCUT2D eigenvalue weighted by molar-refractivity contribution is 7.73. The van der Waals surface area contributed by atoms with Gasteiger partial charge in [0.05, 0.1) is 5.25 Å². The summed E-state index contributed by atoms with van der Waals surface area (Å²) in [5.74, 6) is 2.35. The maximum atomic E-state index is 10.1. The van der Waals surface area contributed by atoms with Gasteiger partial charge in [0, 0.05) is 6.42 Å². The van der Waals surface area contributed by atoms with Crippen molar-refractivity contribution in [1.82, 2.24) is 0 Å². The lowest BCUT2D eigenvalue weighted by molar-refractivity contribution is 0.604. The third-order valence-corrected chi connectivity index (χ3v) is 1.77. The summed E-state index contributed by atoms with van der Waals surface area (Å²) in [5, 5.41) is -0.518. The molecule has 0 aliphatic rings. The lowest BCUT2D eigenvalue weighted by Gasteiger charge is -1.95. The summed E-state index contributed by atoms with van der Waals surface area (Å²) in [4.78, 5) is 0. The minimum absolute atomic E-state index is 0.467. The molecule has 0 aromatic heterocycles. The SMILES string of the molecule is C#CCCC([CH2])[SH](=O)=O. The molecule has 3 heteroatoms. The number of rotatable bonds is 3. The van der Waals surface area contributed by atoms with E-state index in [9.17, 15) is 8.42 Å². The van der Waals surface area contributed by atoms with Crippen molar-refractivity contribution in [2.75, 3.05) is 0 Å². The van der Waals surface area contributed by atoms with Gasteiger partial charge in [-0.3, -0.25) is 0 Å². The molecule has 0 bridgehead atoms. The van der Waals surface area contributed by atoms with Crippen molar-refractivity contribution in [3.8, 4) is 12.3 Å². The van der Waals surface area contributed by atoms with Gasteiger partial charge in [-0.2, -0.15) is 0 Å². The van der Waals surface area contributed by atoms with Gasteiger partial charge in [0.2, 0.25) is 0 Å². The second-order valence-electron chi connectivity index (χ2n) is 1.68. The van der Waals surface area contributed by atoms with E-state index in [0.29, 0.717) is 12.8 Å². The average Bonchev–Trinajstić information content (AvgIpc) is 1.82. The van der Waals surface area contributed by atoms with Crippen LogP contribution in [0, 0.1) is 19.3 Å². The van der Waals surface area contributed by atoms with E-state index in [2.05, 4.69) is 12.8 Å². The van der Waals surface area contributed by atoms with Gasteiger partial charge in [0.15, 0.2) is 0 Å². The van der Waals surface area contributed by atoms with Crippen LogP contribution in [-0.2, 0) is 10.7 Å². The highest BCUT2D eigenvalue weighted by atomic mass is 32.2. The number of hydrogen-bond acceptors (Lipinski definition) is 2. The minimum Gasteiger partial charge on any atom is -0.232 e. The Kier molecular flexibility index (Phi) is 4.16. The quantitative estimate of drug-likeness (QED) is 0.455. The Labute approximate surface area is 57.2 Å². The molecule has 0 N–H and O–H groups in total. The van der Waals surface area contributed by atoms with Crippen molar-refractivity contribution in [2.45, 2.75) is 18.1 Å². The Morgan fingerprint density at radius 1 is 1.67 bits per heavy atom. The number of hydrogen-bond donors (Lipinski definition) is 1. The molecule has 0 aromatic rings. The van der Waals surface area contributed by atoms with E-state index in [1.807, 2.05) is 0 Å². The maximum absolute atomic E-state index is 10.1. The molecule has 0 aliphatic heterocycles. The Hall–Kier alpha value is -0.490. The Morgan fingerprint density at radius 2 is 2.22 bits per heavy atom. The molecule has 0 spiro atoms. The zero-order chi connectivity index (χ0) is 7.28. The van der Waals surface area contributed by atoms with Crippen LogP contribution in [0.25, 0.3) is 0 Å². The van der Waals surface area contributed by atoms with Gasteiger partial charge in [-0.05, 0) is 13.3 Å². The summed E-state index contributed by atoms with van der Waals surface area (Å²) < 4.78 is 20.2. The van der Waals surface area contributed by atoms with Crippen LogP contribution in [0.15, 0.2) is 0 Å². The first-order valence-electron chi connectivity index (χ1n) is 2.58. The number of thiol groups is 1. The second-order valence-corrected chi connectivity index (χ2v) is 2.98. The van der Waals surface area contributed by atoms with Gasteiger partial charge in [0.1, 0.15) is 10.7 Å². The van der Waals surface area contributed by atoms with E-state index in [0.717, 1.165) is 0 Å². The molecular formula is C6H9O2S. The van der Waals surface area contributed by atoms with Crippen molar-refractivity contribution in [1.29, 1.82) is 0 Å². The van der Waals surface area contributed by atoms with Crippen molar-refractivity contribution < 1.29 is 8.42 Å². The first-order chi connectivity index (χ1) is 4.18.